The average Bonchev–Trinajstić information content (AvgIpc) is 3.01. The lowest BCUT2D eigenvalue weighted by Crippen LogP contribution is -2.29. The lowest BCUT2D eigenvalue weighted by Gasteiger charge is -2.09. The van der Waals surface area contributed by atoms with E-state index in [0.717, 1.165) is 17.3 Å². The molecule has 0 bridgehead atoms. The number of nitrogens with zero attached hydrogens (tertiary/aromatic N) is 3. The van der Waals surface area contributed by atoms with Gasteiger partial charge in [-0.25, -0.2) is 4.98 Å². The third kappa shape index (κ3) is 3.26. The highest BCUT2D eigenvalue weighted by molar-refractivity contribution is 7.99. The van der Waals surface area contributed by atoms with Crippen LogP contribution in [0, 0.1) is 11.3 Å². The molecule has 86 valence electrons. The Bertz CT molecular complexity index is 378. The van der Waals surface area contributed by atoms with Gasteiger partial charge < -0.3 is 4.57 Å². The van der Waals surface area contributed by atoms with Gasteiger partial charge in [0.15, 0.2) is 5.16 Å². The SMILES string of the molecule is Cn1ccnc1SCCC(C#N)NC1CC1. The Kier molecular flexibility index (Phi) is 3.86. The number of aryl methyl sites for hydroxylation is 1. The second kappa shape index (κ2) is 5.37. The van der Waals surface area contributed by atoms with Crippen molar-refractivity contribution in [2.75, 3.05) is 5.75 Å². The summed E-state index contributed by atoms with van der Waals surface area (Å²) >= 11 is 1.71. The Morgan fingerprint density at radius 2 is 2.56 bits per heavy atom. The predicted molar refractivity (Wildman–Crippen MR) is 64.1 cm³/mol. The summed E-state index contributed by atoms with van der Waals surface area (Å²) in [6, 6.07) is 2.92. The smallest absolute Gasteiger partial charge is 0.167 e. The van der Waals surface area contributed by atoms with Gasteiger partial charge in [-0.05, 0) is 19.3 Å². The Hall–Kier alpha value is -0.990. The van der Waals surface area contributed by atoms with Gasteiger partial charge >= 0.3 is 0 Å². The zero-order valence-corrected chi connectivity index (χ0v) is 10.2. The second-order valence-electron chi connectivity index (χ2n) is 4.08. The van der Waals surface area contributed by atoms with Crippen molar-refractivity contribution in [1.82, 2.24) is 14.9 Å². The highest BCUT2D eigenvalue weighted by atomic mass is 32.2. The van der Waals surface area contributed by atoms with Gasteiger partial charge in [-0.2, -0.15) is 5.26 Å². The number of aromatic nitrogens is 2. The fourth-order valence-electron chi connectivity index (χ4n) is 1.48. The molecule has 0 aromatic carbocycles. The molecule has 1 heterocycles. The number of thioether (sulfide) groups is 1. The van der Waals surface area contributed by atoms with Crippen molar-refractivity contribution in [3.05, 3.63) is 12.4 Å². The predicted octanol–water partition coefficient (Wildman–Crippen LogP) is 1.55. The molecule has 5 heteroatoms. The zero-order valence-electron chi connectivity index (χ0n) is 9.39. The topological polar surface area (TPSA) is 53.6 Å². The van der Waals surface area contributed by atoms with Crippen LogP contribution in [0.4, 0.5) is 0 Å². The summed E-state index contributed by atoms with van der Waals surface area (Å²) < 4.78 is 2.00. The van der Waals surface area contributed by atoms with E-state index in [0.29, 0.717) is 6.04 Å². The van der Waals surface area contributed by atoms with Crippen LogP contribution in [0.25, 0.3) is 0 Å². The van der Waals surface area contributed by atoms with E-state index in [9.17, 15) is 0 Å². The molecule has 1 aromatic heterocycles. The van der Waals surface area contributed by atoms with Crippen LogP contribution >= 0.6 is 11.8 Å². The minimum absolute atomic E-state index is 0.000248. The summed E-state index contributed by atoms with van der Waals surface area (Å²) in [6.07, 6.45) is 7.07. The molecule has 1 saturated carbocycles. The van der Waals surface area contributed by atoms with E-state index in [1.807, 2.05) is 17.8 Å². The molecule has 4 nitrogen and oxygen atoms in total. The minimum atomic E-state index is 0.000248. The van der Waals surface area contributed by atoms with Crippen LogP contribution in [0.3, 0.4) is 0 Å². The number of nitrogens with one attached hydrogen (secondary N) is 1. The van der Waals surface area contributed by atoms with E-state index in [4.69, 9.17) is 5.26 Å². The molecule has 0 radical (unpaired) electrons. The number of hydrogen-bond donors (Lipinski definition) is 1. The first-order chi connectivity index (χ1) is 7.79. The van der Waals surface area contributed by atoms with E-state index in [1.165, 1.54) is 12.8 Å². The maximum atomic E-state index is 8.97. The van der Waals surface area contributed by atoms with Crippen LogP contribution in [0.2, 0.25) is 0 Å². The van der Waals surface area contributed by atoms with Crippen LogP contribution in [0.5, 0.6) is 0 Å². The number of hydrogen-bond acceptors (Lipinski definition) is 4. The summed E-state index contributed by atoms with van der Waals surface area (Å²) in [6.45, 7) is 0. The lowest BCUT2D eigenvalue weighted by atomic mass is 10.2. The van der Waals surface area contributed by atoms with Gasteiger partial charge in [0.25, 0.3) is 0 Å². The average molecular weight is 236 g/mol. The molecule has 1 fully saturated rings. The molecule has 1 atom stereocenters. The van der Waals surface area contributed by atoms with Gasteiger partial charge in [0.2, 0.25) is 0 Å². The second-order valence-corrected chi connectivity index (χ2v) is 5.14. The zero-order chi connectivity index (χ0) is 11.4. The third-order valence-electron chi connectivity index (χ3n) is 2.58. The van der Waals surface area contributed by atoms with Crippen molar-refractivity contribution in [2.24, 2.45) is 7.05 Å². The summed E-state index contributed by atoms with van der Waals surface area (Å²) in [5.74, 6) is 0.933. The molecule has 1 aliphatic carbocycles. The van der Waals surface area contributed by atoms with E-state index >= 15 is 0 Å². The van der Waals surface area contributed by atoms with E-state index in [-0.39, 0.29) is 6.04 Å². The minimum Gasteiger partial charge on any atom is -0.329 e. The van der Waals surface area contributed by atoms with Gasteiger partial charge in [-0.3, -0.25) is 5.32 Å². The van der Waals surface area contributed by atoms with Crippen molar-refractivity contribution < 1.29 is 0 Å². The van der Waals surface area contributed by atoms with Crippen LogP contribution in [-0.4, -0.2) is 27.4 Å². The molecule has 2 rings (SSSR count). The third-order valence-corrected chi connectivity index (χ3v) is 3.68. The molecule has 0 saturated heterocycles. The van der Waals surface area contributed by atoms with E-state index in [1.54, 1.807) is 18.0 Å². The van der Waals surface area contributed by atoms with Crippen LogP contribution in [-0.2, 0) is 7.05 Å². The summed E-state index contributed by atoms with van der Waals surface area (Å²) in [5.41, 5.74) is 0. The highest BCUT2D eigenvalue weighted by Crippen LogP contribution is 2.21. The quantitative estimate of drug-likeness (QED) is 0.761. The molecule has 1 unspecified atom stereocenters. The number of imidazole rings is 1. The monoisotopic (exact) mass is 236 g/mol. The molecular weight excluding hydrogens is 220 g/mol. The molecule has 1 aliphatic rings. The molecule has 16 heavy (non-hydrogen) atoms. The first-order valence-electron chi connectivity index (χ1n) is 5.55. The summed E-state index contributed by atoms with van der Waals surface area (Å²) in [4.78, 5) is 4.23. The standard InChI is InChI=1S/C11H16N4S/c1-15-6-5-13-11(15)16-7-4-10(8-12)14-9-2-3-9/h5-6,9-10,14H,2-4,7H2,1H3. The van der Waals surface area contributed by atoms with Crippen LogP contribution < -0.4 is 5.32 Å². The van der Waals surface area contributed by atoms with Crippen molar-refractivity contribution in [3.63, 3.8) is 0 Å². The number of rotatable bonds is 6. The molecule has 1 aromatic rings. The summed E-state index contributed by atoms with van der Waals surface area (Å²) in [7, 11) is 1.99. The Labute approximate surface area is 100 Å². The number of nitriles is 1. The molecule has 0 aliphatic heterocycles. The molecule has 1 N–H and O–H groups in total. The van der Waals surface area contributed by atoms with E-state index in [2.05, 4.69) is 16.4 Å². The fraction of sp³-hybridized carbons (Fsp3) is 0.636. The Morgan fingerprint density at radius 1 is 1.75 bits per heavy atom. The maximum Gasteiger partial charge on any atom is 0.167 e. The maximum absolute atomic E-state index is 8.97. The summed E-state index contributed by atoms with van der Waals surface area (Å²) in [5, 5.41) is 13.3. The largest absolute Gasteiger partial charge is 0.329 e. The van der Waals surface area contributed by atoms with Crippen LogP contribution in [0.1, 0.15) is 19.3 Å². The van der Waals surface area contributed by atoms with Crippen molar-refractivity contribution in [1.29, 1.82) is 5.26 Å². The van der Waals surface area contributed by atoms with Crippen molar-refractivity contribution in [3.8, 4) is 6.07 Å². The first-order valence-corrected chi connectivity index (χ1v) is 6.54. The molecule has 0 amide bonds. The lowest BCUT2D eigenvalue weighted by molar-refractivity contribution is 0.586. The van der Waals surface area contributed by atoms with Gasteiger partial charge in [0, 0.05) is 31.2 Å². The fourth-order valence-corrected chi connectivity index (χ4v) is 2.41. The van der Waals surface area contributed by atoms with Gasteiger partial charge in [-0.1, -0.05) is 11.8 Å². The normalized spacial score (nSPS) is 17.0. The van der Waals surface area contributed by atoms with Gasteiger partial charge in [-0.15, -0.1) is 0 Å². The van der Waals surface area contributed by atoms with Gasteiger partial charge in [0.05, 0.1) is 12.1 Å². The van der Waals surface area contributed by atoms with E-state index < -0.39 is 0 Å². The molecular formula is C11H16N4S. The van der Waals surface area contributed by atoms with Crippen LogP contribution in [0.15, 0.2) is 17.6 Å². The van der Waals surface area contributed by atoms with Gasteiger partial charge in [0.1, 0.15) is 0 Å². The first kappa shape index (κ1) is 11.5. The Morgan fingerprint density at radius 3 is 3.12 bits per heavy atom. The van der Waals surface area contributed by atoms with Crippen molar-refractivity contribution in [2.45, 2.75) is 36.5 Å². The molecule has 0 spiro atoms. The van der Waals surface area contributed by atoms with Crippen molar-refractivity contribution >= 4 is 11.8 Å². The highest BCUT2D eigenvalue weighted by Gasteiger charge is 2.24. The Balaban J connectivity index is 1.70.